The molecule has 0 N–H and O–H groups in total. The maximum absolute atomic E-state index is 5.71. The van der Waals surface area contributed by atoms with Crippen molar-refractivity contribution < 1.29 is 9.47 Å². The van der Waals surface area contributed by atoms with Gasteiger partial charge in [0.05, 0.1) is 11.4 Å². The molecular weight excluding hydrogens is 502 g/mol. The summed E-state index contributed by atoms with van der Waals surface area (Å²) in [6, 6.07) is 41.6. The van der Waals surface area contributed by atoms with E-state index in [0.29, 0.717) is 0 Å². The minimum absolute atomic E-state index is 0.265. The number of rotatable bonds is 3. The quantitative estimate of drug-likeness (QED) is 0.230. The fraction of sp³-hybridized carbons (Fsp3) is 0.0789. The van der Waals surface area contributed by atoms with Crippen LogP contribution in [0.1, 0.15) is 22.3 Å². The van der Waals surface area contributed by atoms with Gasteiger partial charge in [-0.05, 0) is 105 Å². The van der Waals surface area contributed by atoms with E-state index >= 15 is 0 Å². The predicted octanol–water partition coefficient (Wildman–Crippen LogP) is 8.95. The van der Waals surface area contributed by atoms with Crippen molar-refractivity contribution >= 4 is 0 Å². The van der Waals surface area contributed by atoms with Crippen molar-refractivity contribution in [2.75, 3.05) is 6.79 Å². The van der Waals surface area contributed by atoms with E-state index in [2.05, 4.69) is 109 Å². The number of nitrogens with zero attached hydrogens (tertiary/aromatic N) is 1. The maximum Gasteiger partial charge on any atom is 0.231 e. The molecule has 0 radical (unpaired) electrons. The fourth-order valence-corrected chi connectivity index (χ4v) is 6.68. The molecule has 2 aliphatic carbocycles. The molecule has 0 spiro atoms. The molecule has 1 aliphatic heterocycles. The third-order valence-electron chi connectivity index (χ3n) is 8.71. The molecule has 0 fully saturated rings. The summed E-state index contributed by atoms with van der Waals surface area (Å²) < 4.78 is 11.3. The summed E-state index contributed by atoms with van der Waals surface area (Å²) in [4.78, 5) is 5.27. The SMILES string of the molecule is c1ccc2c(c1)Cc1cc(-c3cc(-c4ccc5c(c4)OCO5)cc(-c4ccc5c(c4)Cc4ccccc4-5)n3)ccc1-2. The van der Waals surface area contributed by atoms with Gasteiger partial charge in [0.2, 0.25) is 6.79 Å². The monoisotopic (exact) mass is 527 g/mol. The Morgan fingerprint density at radius 1 is 0.415 bits per heavy atom. The van der Waals surface area contributed by atoms with Crippen LogP contribution in [0.4, 0.5) is 0 Å². The first-order valence-electron chi connectivity index (χ1n) is 14.1. The number of hydrogen-bond acceptors (Lipinski definition) is 3. The van der Waals surface area contributed by atoms with Gasteiger partial charge in [0.1, 0.15) is 0 Å². The number of pyridine rings is 1. The lowest BCUT2D eigenvalue weighted by atomic mass is 9.96. The topological polar surface area (TPSA) is 31.4 Å². The molecule has 9 rings (SSSR count). The van der Waals surface area contributed by atoms with Crippen LogP contribution in [0.3, 0.4) is 0 Å². The van der Waals surface area contributed by atoms with Crippen molar-refractivity contribution in [3.63, 3.8) is 0 Å². The zero-order valence-electron chi connectivity index (χ0n) is 22.4. The second kappa shape index (κ2) is 8.67. The van der Waals surface area contributed by atoms with Crippen LogP contribution in [0, 0.1) is 0 Å². The Morgan fingerprint density at radius 3 is 1.59 bits per heavy atom. The molecular formula is C38H25NO2. The van der Waals surface area contributed by atoms with E-state index in [4.69, 9.17) is 14.5 Å². The predicted molar refractivity (Wildman–Crippen MR) is 163 cm³/mol. The number of fused-ring (bicyclic) bond motifs is 7. The molecule has 194 valence electrons. The van der Waals surface area contributed by atoms with Gasteiger partial charge in [-0.1, -0.05) is 78.9 Å². The number of hydrogen-bond donors (Lipinski definition) is 0. The van der Waals surface area contributed by atoms with Gasteiger partial charge in [0.25, 0.3) is 0 Å². The van der Waals surface area contributed by atoms with E-state index in [0.717, 1.165) is 58.0 Å². The van der Waals surface area contributed by atoms with E-state index < -0.39 is 0 Å². The van der Waals surface area contributed by atoms with Crippen LogP contribution in [0.5, 0.6) is 11.5 Å². The second-order valence-electron chi connectivity index (χ2n) is 11.1. The van der Waals surface area contributed by atoms with Gasteiger partial charge in [-0.25, -0.2) is 4.98 Å². The van der Waals surface area contributed by atoms with Crippen molar-refractivity contribution in [2.24, 2.45) is 0 Å². The molecule has 3 nitrogen and oxygen atoms in total. The molecule has 5 aromatic carbocycles. The lowest BCUT2D eigenvalue weighted by Gasteiger charge is -2.13. The summed E-state index contributed by atoms with van der Waals surface area (Å²) in [5, 5.41) is 0. The van der Waals surface area contributed by atoms with E-state index in [1.54, 1.807) is 0 Å². The van der Waals surface area contributed by atoms with Crippen molar-refractivity contribution in [1.29, 1.82) is 0 Å². The highest BCUT2D eigenvalue weighted by atomic mass is 16.7. The molecule has 6 aromatic rings. The molecule has 0 unspecified atom stereocenters. The van der Waals surface area contributed by atoms with E-state index in [9.17, 15) is 0 Å². The molecule has 0 atom stereocenters. The van der Waals surface area contributed by atoms with Crippen molar-refractivity contribution in [3.8, 4) is 67.4 Å². The first-order chi connectivity index (χ1) is 20.3. The van der Waals surface area contributed by atoms with Gasteiger partial charge in [0.15, 0.2) is 11.5 Å². The largest absolute Gasteiger partial charge is 0.454 e. The number of benzene rings is 5. The van der Waals surface area contributed by atoms with Gasteiger partial charge in [-0.2, -0.15) is 0 Å². The minimum Gasteiger partial charge on any atom is -0.454 e. The van der Waals surface area contributed by atoms with Crippen molar-refractivity contribution in [2.45, 2.75) is 12.8 Å². The second-order valence-corrected chi connectivity index (χ2v) is 11.1. The lowest BCUT2D eigenvalue weighted by Crippen LogP contribution is -1.93. The smallest absolute Gasteiger partial charge is 0.231 e. The van der Waals surface area contributed by atoms with Crippen LogP contribution in [0.2, 0.25) is 0 Å². The van der Waals surface area contributed by atoms with Gasteiger partial charge in [0, 0.05) is 11.1 Å². The summed E-state index contributed by atoms with van der Waals surface area (Å²) in [6.07, 6.45) is 1.92. The Kier molecular flexibility index (Phi) is 4.79. The summed E-state index contributed by atoms with van der Waals surface area (Å²) in [5.41, 5.74) is 17.2. The van der Waals surface area contributed by atoms with Crippen LogP contribution < -0.4 is 9.47 Å². The molecule has 41 heavy (non-hydrogen) atoms. The zero-order chi connectivity index (χ0) is 26.9. The Labute approximate surface area is 238 Å². The van der Waals surface area contributed by atoms with E-state index in [1.165, 1.54) is 44.5 Å². The van der Waals surface area contributed by atoms with Gasteiger partial charge < -0.3 is 9.47 Å². The van der Waals surface area contributed by atoms with Crippen LogP contribution in [0.25, 0.3) is 55.9 Å². The molecule has 1 aromatic heterocycles. The van der Waals surface area contributed by atoms with E-state index in [1.807, 2.05) is 6.07 Å². The molecule has 0 saturated carbocycles. The average molecular weight is 528 g/mol. The molecule has 0 saturated heterocycles. The maximum atomic E-state index is 5.71. The normalized spacial score (nSPS) is 13.5. The van der Waals surface area contributed by atoms with Crippen molar-refractivity contribution in [1.82, 2.24) is 4.98 Å². The zero-order valence-corrected chi connectivity index (χ0v) is 22.4. The Morgan fingerprint density at radius 2 is 0.951 bits per heavy atom. The molecule has 3 aliphatic rings. The van der Waals surface area contributed by atoms with Crippen LogP contribution in [0.15, 0.2) is 115 Å². The van der Waals surface area contributed by atoms with Crippen molar-refractivity contribution in [3.05, 3.63) is 138 Å². The Balaban J connectivity index is 1.18. The third kappa shape index (κ3) is 3.63. The first kappa shape index (κ1) is 22.6. The van der Waals surface area contributed by atoms with Crippen LogP contribution in [-0.2, 0) is 12.8 Å². The summed E-state index contributed by atoms with van der Waals surface area (Å²) in [6.45, 7) is 0.265. The Hall–Kier alpha value is -5.15. The summed E-state index contributed by atoms with van der Waals surface area (Å²) >= 11 is 0. The Bertz CT molecular complexity index is 1920. The van der Waals surface area contributed by atoms with Gasteiger partial charge in [-0.3, -0.25) is 0 Å². The molecule has 0 amide bonds. The van der Waals surface area contributed by atoms with Crippen LogP contribution >= 0.6 is 0 Å². The average Bonchev–Trinajstić information content (AvgIpc) is 3.74. The molecule has 3 heteroatoms. The van der Waals surface area contributed by atoms with Gasteiger partial charge >= 0.3 is 0 Å². The van der Waals surface area contributed by atoms with Crippen LogP contribution in [-0.4, -0.2) is 11.8 Å². The minimum atomic E-state index is 0.265. The number of ether oxygens (including phenoxy) is 2. The summed E-state index contributed by atoms with van der Waals surface area (Å²) in [7, 11) is 0. The summed E-state index contributed by atoms with van der Waals surface area (Å²) in [5.74, 6) is 1.58. The molecule has 2 heterocycles. The first-order valence-corrected chi connectivity index (χ1v) is 14.1. The highest BCUT2D eigenvalue weighted by Crippen LogP contribution is 2.42. The van der Waals surface area contributed by atoms with Gasteiger partial charge in [-0.15, -0.1) is 0 Å². The van der Waals surface area contributed by atoms with E-state index in [-0.39, 0.29) is 6.79 Å². The standard InChI is InChI=1S/C38H25NO2/c1-3-7-31-24(5-1)15-29-17-26(9-12-33(29)31)35-19-28(23-11-14-37-38(21-23)41-22-40-37)20-36(39-35)27-10-13-34-30(18-27)16-25-6-2-4-8-32(25)34/h1-14,17-21H,15-16,22H2. The molecule has 0 bridgehead atoms. The number of aromatic nitrogens is 1. The highest BCUT2D eigenvalue weighted by molar-refractivity contribution is 5.84. The highest BCUT2D eigenvalue weighted by Gasteiger charge is 2.21. The third-order valence-corrected chi connectivity index (χ3v) is 8.71. The fourth-order valence-electron chi connectivity index (χ4n) is 6.68. The lowest BCUT2D eigenvalue weighted by molar-refractivity contribution is 0.174.